The van der Waals surface area contributed by atoms with Crippen LogP contribution >= 0.6 is 0 Å². The number of piperidine rings is 1. The van der Waals surface area contributed by atoms with Gasteiger partial charge in [-0.25, -0.2) is 0 Å². The molecule has 0 bridgehead atoms. The first-order valence-corrected chi connectivity index (χ1v) is 9.19. The first-order chi connectivity index (χ1) is 12.2. The van der Waals surface area contributed by atoms with Crippen molar-refractivity contribution in [1.29, 1.82) is 0 Å². The summed E-state index contributed by atoms with van der Waals surface area (Å²) in [5, 5.41) is 6.61. The molecule has 2 aliphatic heterocycles. The van der Waals surface area contributed by atoms with Crippen molar-refractivity contribution in [2.75, 3.05) is 32.2 Å². The molecule has 25 heavy (non-hydrogen) atoms. The molecule has 1 aromatic rings. The highest BCUT2D eigenvalue weighted by Crippen LogP contribution is 2.35. The molecule has 136 valence electrons. The Morgan fingerprint density at radius 3 is 2.88 bits per heavy atom. The number of rotatable bonds is 4. The normalized spacial score (nSPS) is 31.0. The lowest BCUT2D eigenvalue weighted by molar-refractivity contribution is -0.130. The van der Waals surface area contributed by atoms with E-state index in [0.29, 0.717) is 37.8 Å². The van der Waals surface area contributed by atoms with E-state index in [1.54, 1.807) is 7.11 Å². The van der Waals surface area contributed by atoms with Gasteiger partial charge in [-0.1, -0.05) is 0 Å². The van der Waals surface area contributed by atoms with Gasteiger partial charge in [-0.3, -0.25) is 4.79 Å². The third kappa shape index (κ3) is 3.54. The third-order valence-corrected chi connectivity index (χ3v) is 5.65. The van der Waals surface area contributed by atoms with E-state index in [9.17, 15) is 4.79 Å². The van der Waals surface area contributed by atoms with Crippen LogP contribution in [-0.2, 0) is 9.53 Å². The molecule has 1 amide bonds. The summed E-state index contributed by atoms with van der Waals surface area (Å²) in [6.07, 6.45) is 4.37. The van der Waals surface area contributed by atoms with Crippen molar-refractivity contribution in [2.45, 2.75) is 37.8 Å². The maximum absolute atomic E-state index is 12.4. The Balaban J connectivity index is 1.36. The molecule has 2 heterocycles. The Labute approximate surface area is 148 Å². The predicted octanol–water partition coefficient (Wildman–Crippen LogP) is 2.19. The molecule has 6 nitrogen and oxygen atoms in total. The van der Waals surface area contributed by atoms with E-state index in [1.807, 2.05) is 18.2 Å². The summed E-state index contributed by atoms with van der Waals surface area (Å²) in [6.45, 7) is 1.80. The van der Waals surface area contributed by atoms with Crippen LogP contribution < -0.4 is 20.1 Å². The number of amides is 1. The fourth-order valence-corrected chi connectivity index (χ4v) is 4.23. The SMILES string of the molecule is COC1CCC2NC(=O)C(CNc3ccc4c(c3)OCCO4)CC2C1. The zero-order valence-electron chi connectivity index (χ0n) is 14.6. The number of carbonyl (C=O) groups excluding carboxylic acids is 1. The van der Waals surface area contributed by atoms with Crippen LogP contribution in [0.25, 0.3) is 0 Å². The summed E-state index contributed by atoms with van der Waals surface area (Å²) >= 11 is 0. The molecule has 2 fully saturated rings. The molecule has 4 unspecified atom stereocenters. The Bertz CT molecular complexity index is 636. The molecule has 1 saturated carbocycles. The molecular formula is C19H26N2O4. The topological polar surface area (TPSA) is 68.8 Å². The van der Waals surface area contributed by atoms with Crippen LogP contribution in [0.3, 0.4) is 0 Å². The monoisotopic (exact) mass is 346 g/mol. The average Bonchev–Trinajstić information content (AvgIpc) is 2.65. The summed E-state index contributed by atoms with van der Waals surface area (Å²) < 4.78 is 16.7. The number of methoxy groups -OCH3 is 1. The highest BCUT2D eigenvalue weighted by Gasteiger charge is 2.39. The third-order valence-electron chi connectivity index (χ3n) is 5.65. The van der Waals surface area contributed by atoms with Crippen molar-refractivity contribution < 1.29 is 19.0 Å². The van der Waals surface area contributed by atoms with Gasteiger partial charge < -0.3 is 24.8 Å². The number of anilines is 1. The van der Waals surface area contributed by atoms with Gasteiger partial charge in [-0.15, -0.1) is 0 Å². The van der Waals surface area contributed by atoms with E-state index in [4.69, 9.17) is 14.2 Å². The fraction of sp³-hybridized carbons (Fsp3) is 0.632. The van der Waals surface area contributed by atoms with E-state index in [2.05, 4.69) is 10.6 Å². The van der Waals surface area contributed by atoms with Crippen molar-refractivity contribution in [2.24, 2.45) is 11.8 Å². The van der Waals surface area contributed by atoms with E-state index < -0.39 is 0 Å². The summed E-state index contributed by atoms with van der Waals surface area (Å²) in [4.78, 5) is 12.4. The molecule has 1 saturated heterocycles. The molecule has 1 aromatic carbocycles. The second-order valence-electron chi connectivity index (χ2n) is 7.22. The Morgan fingerprint density at radius 2 is 2.04 bits per heavy atom. The van der Waals surface area contributed by atoms with Crippen LogP contribution in [0.5, 0.6) is 11.5 Å². The van der Waals surface area contributed by atoms with Crippen LogP contribution in [0.2, 0.25) is 0 Å². The van der Waals surface area contributed by atoms with Gasteiger partial charge >= 0.3 is 0 Å². The standard InChI is InChI=1S/C19H26N2O4/c1-23-15-3-4-16-12(9-15)8-13(19(22)21-16)11-20-14-2-5-17-18(10-14)25-7-6-24-17/h2,5,10,12-13,15-16,20H,3-4,6-9,11H2,1H3,(H,21,22). The molecule has 3 aliphatic rings. The molecule has 0 spiro atoms. The molecule has 6 heteroatoms. The number of fused-ring (bicyclic) bond motifs is 2. The lowest BCUT2D eigenvalue weighted by Crippen LogP contribution is -2.53. The van der Waals surface area contributed by atoms with Crippen molar-refractivity contribution in [3.8, 4) is 11.5 Å². The summed E-state index contributed by atoms with van der Waals surface area (Å²) in [6, 6.07) is 6.15. The maximum atomic E-state index is 12.4. The van der Waals surface area contributed by atoms with Gasteiger partial charge in [0.25, 0.3) is 0 Å². The molecular weight excluding hydrogens is 320 g/mol. The number of ether oxygens (including phenoxy) is 3. The van der Waals surface area contributed by atoms with E-state index >= 15 is 0 Å². The smallest absolute Gasteiger partial charge is 0.225 e. The molecule has 0 aromatic heterocycles. The fourth-order valence-electron chi connectivity index (χ4n) is 4.23. The van der Waals surface area contributed by atoms with Crippen molar-refractivity contribution in [3.05, 3.63) is 18.2 Å². The largest absolute Gasteiger partial charge is 0.486 e. The Hall–Kier alpha value is -1.95. The second kappa shape index (κ2) is 7.12. The minimum atomic E-state index is -0.00921. The quantitative estimate of drug-likeness (QED) is 0.875. The highest BCUT2D eigenvalue weighted by molar-refractivity contribution is 5.80. The van der Waals surface area contributed by atoms with Crippen LogP contribution in [0.1, 0.15) is 25.7 Å². The Kier molecular flexibility index (Phi) is 4.70. The number of hydrogen-bond donors (Lipinski definition) is 2. The van der Waals surface area contributed by atoms with Crippen LogP contribution in [0, 0.1) is 11.8 Å². The predicted molar refractivity (Wildman–Crippen MR) is 94.1 cm³/mol. The number of hydrogen-bond acceptors (Lipinski definition) is 5. The first kappa shape index (κ1) is 16.5. The van der Waals surface area contributed by atoms with Crippen molar-refractivity contribution in [1.82, 2.24) is 5.32 Å². The van der Waals surface area contributed by atoms with Gasteiger partial charge in [0.15, 0.2) is 11.5 Å². The molecule has 4 atom stereocenters. The minimum absolute atomic E-state index is 0.00921. The van der Waals surface area contributed by atoms with E-state index in [-0.39, 0.29) is 11.8 Å². The number of carbonyl (C=O) groups is 1. The number of nitrogens with one attached hydrogen (secondary N) is 2. The van der Waals surface area contributed by atoms with Gasteiger partial charge in [0, 0.05) is 31.5 Å². The van der Waals surface area contributed by atoms with Gasteiger partial charge in [0.2, 0.25) is 5.91 Å². The van der Waals surface area contributed by atoms with Gasteiger partial charge in [-0.05, 0) is 43.7 Å². The molecule has 0 radical (unpaired) electrons. The van der Waals surface area contributed by atoms with E-state index in [1.165, 1.54) is 0 Å². The molecule has 2 N–H and O–H groups in total. The van der Waals surface area contributed by atoms with Gasteiger partial charge in [0.05, 0.1) is 12.0 Å². The minimum Gasteiger partial charge on any atom is -0.486 e. The zero-order valence-corrected chi connectivity index (χ0v) is 14.6. The molecule has 1 aliphatic carbocycles. The van der Waals surface area contributed by atoms with Gasteiger partial charge in [-0.2, -0.15) is 0 Å². The Morgan fingerprint density at radius 1 is 1.20 bits per heavy atom. The first-order valence-electron chi connectivity index (χ1n) is 9.19. The summed E-state index contributed by atoms with van der Waals surface area (Å²) in [5.41, 5.74) is 0.956. The van der Waals surface area contributed by atoms with Crippen LogP contribution in [0.15, 0.2) is 18.2 Å². The average molecular weight is 346 g/mol. The lowest BCUT2D eigenvalue weighted by Gasteiger charge is -2.41. The van der Waals surface area contributed by atoms with Crippen molar-refractivity contribution in [3.63, 3.8) is 0 Å². The molecule has 4 rings (SSSR count). The maximum Gasteiger partial charge on any atom is 0.225 e. The van der Waals surface area contributed by atoms with Crippen molar-refractivity contribution >= 4 is 11.6 Å². The lowest BCUT2D eigenvalue weighted by atomic mass is 9.74. The van der Waals surface area contributed by atoms with E-state index in [0.717, 1.165) is 42.9 Å². The van der Waals surface area contributed by atoms with Gasteiger partial charge in [0.1, 0.15) is 13.2 Å². The number of benzene rings is 1. The second-order valence-corrected chi connectivity index (χ2v) is 7.22. The van der Waals surface area contributed by atoms with Crippen LogP contribution in [0.4, 0.5) is 5.69 Å². The highest BCUT2D eigenvalue weighted by atomic mass is 16.6. The van der Waals surface area contributed by atoms with Crippen LogP contribution in [-0.4, -0.2) is 44.9 Å². The zero-order chi connectivity index (χ0) is 17.2. The summed E-state index contributed by atoms with van der Waals surface area (Å²) in [5.74, 6) is 2.22. The summed E-state index contributed by atoms with van der Waals surface area (Å²) in [7, 11) is 1.79.